The fourth-order valence-corrected chi connectivity index (χ4v) is 4.41. The number of amides is 1. The summed E-state index contributed by atoms with van der Waals surface area (Å²) in [7, 11) is 0. The summed E-state index contributed by atoms with van der Waals surface area (Å²) in [6.07, 6.45) is -0.308. The Kier molecular flexibility index (Phi) is 6.73. The number of hydrogen-bond acceptors (Lipinski definition) is 4. The van der Waals surface area contributed by atoms with Crippen LogP contribution < -0.4 is 5.32 Å². The Morgan fingerprint density at radius 1 is 0.882 bits per heavy atom. The highest BCUT2D eigenvalue weighted by Crippen LogP contribution is 2.44. The van der Waals surface area contributed by atoms with Crippen LogP contribution >= 0.6 is 0 Å². The molecule has 0 fully saturated rings. The van der Waals surface area contributed by atoms with Gasteiger partial charge in [-0.1, -0.05) is 72.8 Å². The van der Waals surface area contributed by atoms with Crippen LogP contribution in [0.2, 0.25) is 0 Å². The molecule has 3 aromatic rings. The number of hydrogen-bond donors (Lipinski definition) is 1. The maximum atomic E-state index is 12.9. The van der Waals surface area contributed by atoms with Gasteiger partial charge in [-0.05, 0) is 61.1 Å². The second-order valence-corrected chi connectivity index (χ2v) is 9.69. The van der Waals surface area contributed by atoms with Crippen LogP contribution in [-0.4, -0.2) is 30.3 Å². The van der Waals surface area contributed by atoms with E-state index in [1.807, 2.05) is 76.2 Å². The van der Waals surface area contributed by atoms with Gasteiger partial charge in [0.05, 0.1) is 0 Å². The van der Waals surface area contributed by atoms with Crippen molar-refractivity contribution in [3.05, 3.63) is 95.1 Å². The summed E-state index contributed by atoms with van der Waals surface area (Å²) in [5.74, 6) is -0.529. The number of rotatable bonds is 6. The number of carbonyl (C=O) groups excluding carboxylic acids is 2. The molecule has 0 spiro atoms. The van der Waals surface area contributed by atoms with E-state index in [4.69, 9.17) is 9.47 Å². The Labute approximate surface area is 201 Å². The largest absolute Gasteiger partial charge is 0.458 e. The van der Waals surface area contributed by atoms with Crippen molar-refractivity contribution in [2.75, 3.05) is 6.61 Å². The zero-order valence-electron chi connectivity index (χ0n) is 20.1. The molecular formula is C29H31NO4. The fraction of sp³-hybridized carbons (Fsp3) is 0.310. The Morgan fingerprint density at radius 3 is 2.03 bits per heavy atom. The Morgan fingerprint density at radius 2 is 1.44 bits per heavy atom. The highest BCUT2D eigenvalue weighted by atomic mass is 16.6. The molecule has 1 unspecified atom stereocenters. The van der Waals surface area contributed by atoms with Gasteiger partial charge in [0, 0.05) is 12.3 Å². The van der Waals surface area contributed by atoms with Crippen LogP contribution in [0.3, 0.4) is 0 Å². The van der Waals surface area contributed by atoms with E-state index in [2.05, 4.69) is 29.6 Å². The van der Waals surface area contributed by atoms with E-state index in [0.717, 1.165) is 22.3 Å². The van der Waals surface area contributed by atoms with Crippen molar-refractivity contribution in [1.29, 1.82) is 0 Å². The van der Waals surface area contributed by atoms with E-state index < -0.39 is 23.7 Å². The van der Waals surface area contributed by atoms with E-state index >= 15 is 0 Å². The minimum atomic E-state index is -0.851. The normalized spacial score (nSPS) is 13.5. The smallest absolute Gasteiger partial charge is 0.407 e. The van der Waals surface area contributed by atoms with Crippen LogP contribution in [0, 0.1) is 6.92 Å². The molecule has 0 bridgehead atoms. The number of benzene rings is 3. The number of fused-ring (bicyclic) bond motifs is 3. The molecule has 1 aliphatic carbocycles. The molecule has 1 atom stereocenters. The van der Waals surface area contributed by atoms with Crippen LogP contribution in [0.1, 0.15) is 48.9 Å². The monoisotopic (exact) mass is 457 g/mol. The maximum Gasteiger partial charge on any atom is 0.407 e. The number of carbonyl (C=O) groups is 2. The van der Waals surface area contributed by atoms with Gasteiger partial charge in [0.2, 0.25) is 0 Å². The highest BCUT2D eigenvalue weighted by molar-refractivity contribution is 5.82. The van der Waals surface area contributed by atoms with E-state index in [-0.39, 0.29) is 12.5 Å². The third-order valence-corrected chi connectivity index (χ3v) is 6.01. The zero-order chi connectivity index (χ0) is 24.3. The molecule has 34 heavy (non-hydrogen) atoms. The van der Waals surface area contributed by atoms with Crippen molar-refractivity contribution in [3.8, 4) is 11.1 Å². The molecular weight excluding hydrogens is 426 g/mol. The van der Waals surface area contributed by atoms with Gasteiger partial charge >= 0.3 is 12.1 Å². The summed E-state index contributed by atoms with van der Waals surface area (Å²) in [5.41, 5.74) is 5.96. The van der Waals surface area contributed by atoms with E-state index in [9.17, 15) is 9.59 Å². The molecule has 0 saturated carbocycles. The number of ether oxygens (including phenoxy) is 2. The van der Waals surface area contributed by atoms with Gasteiger partial charge in [0.25, 0.3) is 0 Å². The maximum absolute atomic E-state index is 12.9. The molecule has 4 rings (SSSR count). The van der Waals surface area contributed by atoms with Crippen molar-refractivity contribution in [2.24, 2.45) is 0 Å². The minimum Gasteiger partial charge on any atom is -0.458 e. The lowest BCUT2D eigenvalue weighted by molar-refractivity contribution is -0.157. The lowest BCUT2D eigenvalue weighted by Crippen LogP contribution is -2.46. The van der Waals surface area contributed by atoms with Crippen molar-refractivity contribution in [1.82, 2.24) is 5.32 Å². The number of nitrogens with one attached hydrogen (secondary N) is 1. The highest BCUT2D eigenvalue weighted by Gasteiger charge is 2.31. The second kappa shape index (κ2) is 9.72. The van der Waals surface area contributed by atoms with Crippen molar-refractivity contribution >= 4 is 12.1 Å². The minimum absolute atomic E-state index is 0.0468. The van der Waals surface area contributed by atoms with Gasteiger partial charge in [-0.15, -0.1) is 0 Å². The average molecular weight is 458 g/mol. The molecule has 0 saturated heterocycles. The topological polar surface area (TPSA) is 64.6 Å². The van der Waals surface area contributed by atoms with Gasteiger partial charge in [-0.2, -0.15) is 0 Å². The van der Waals surface area contributed by atoms with E-state index in [1.54, 1.807) is 0 Å². The second-order valence-electron chi connectivity index (χ2n) is 9.69. The van der Waals surface area contributed by atoms with Crippen molar-refractivity contribution in [2.45, 2.75) is 51.7 Å². The molecule has 1 aliphatic rings. The van der Waals surface area contributed by atoms with Crippen molar-refractivity contribution < 1.29 is 19.1 Å². The third kappa shape index (κ3) is 5.30. The summed E-state index contributed by atoms with van der Waals surface area (Å²) in [4.78, 5) is 25.7. The van der Waals surface area contributed by atoms with E-state index in [1.165, 1.54) is 11.1 Å². The predicted molar refractivity (Wildman–Crippen MR) is 133 cm³/mol. The summed E-state index contributed by atoms with van der Waals surface area (Å²) in [5, 5.41) is 2.75. The van der Waals surface area contributed by atoms with Crippen LogP contribution in [0.5, 0.6) is 0 Å². The summed E-state index contributed by atoms with van der Waals surface area (Å²) in [6.45, 7) is 7.59. The zero-order valence-corrected chi connectivity index (χ0v) is 20.1. The average Bonchev–Trinajstić information content (AvgIpc) is 3.11. The fourth-order valence-electron chi connectivity index (χ4n) is 4.41. The molecule has 5 heteroatoms. The summed E-state index contributed by atoms with van der Waals surface area (Å²) < 4.78 is 11.2. The Bertz CT molecular complexity index is 1150. The predicted octanol–water partition coefficient (Wildman–Crippen LogP) is 5.79. The van der Waals surface area contributed by atoms with Gasteiger partial charge in [0.1, 0.15) is 18.2 Å². The molecule has 1 N–H and O–H groups in total. The lowest BCUT2D eigenvalue weighted by atomic mass is 9.98. The van der Waals surface area contributed by atoms with E-state index in [0.29, 0.717) is 6.42 Å². The quantitative estimate of drug-likeness (QED) is 0.476. The molecule has 0 heterocycles. The first-order chi connectivity index (χ1) is 16.2. The first kappa shape index (κ1) is 23.6. The molecule has 0 aliphatic heterocycles. The molecule has 0 radical (unpaired) electrons. The molecule has 0 aromatic heterocycles. The van der Waals surface area contributed by atoms with Gasteiger partial charge in [-0.25, -0.2) is 9.59 Å². The molecule has 1 amide bonds. The number of esters is 1. The summed E-state index contributed by atoms with van der Waals surface area (Å²) in [6, 6.07) is 23.3. The van der Waals surface area contributed by atoms with Crippen LogP contribution in [0.4, 0.5) is 4.79 Å². The standard InChI is InChI=1S/C29H31NO4/c1-19-11-5-6-12-20(19)17-26(27(31)34-29(2,3)4)30-28(32)33-18-25-23-15-9-7-13-21(23)22-14-8-10-16-24(22)25/h5-16,25-26H,17-18H2,1-4H3,(H,30,32). The van der Waals surface area contributed by atoms with Crippen LogP contribution in [0.15, 0.2) is 72.8 Å². The van der Waals surface area contributed by atoms with Crippen molar-refractivity contribution in [3.63, 3.8) is 0 Å². The van der Waals surface area contributed by atoms with Gasteiger partial charge in [0.15, 0.2) is 0 Å². The molecule has 176 valence electrons. The lowest BCUT2D eigenvalue weighted by Gasteiger charge is -2.25. The SMILES string of the molecule is Cc1ccccc1CC(NC(=O)OCC1c2ccccc2-c2ccccc21)C(=O)OC(C)(C)C. The van der Waals surface area contributed by atoms with Gasteiger partial charge in [-0.3, -0.25) is 0 Å². The third-order valence-electron chi connectivity index (χ3n) is 6.01. The first-order valence-corrected chi connectivity index (χ1v) is 11.6. The van der Waals surface area contributed by atoms with Gasteiger partial charge < -0.3 is 14.8 Å². The summed E-state index contributed by atoms with van der Waals surface area (Å²) >= 11 is 0. The Balaban J connectivity index is 1.48. The molecule has 3 aromatic carbocycles. The number of aryl methyl sites for hydroxylation is 1. The van der Waals surface area contributed by atoms with Crippen LogP contribution in [-0.2, 0) is 20.7 Å². The number of alkyl carbamates (subject to hydrolysis) is 1. The van der Waals surface area contributed by atoms with Crippen LogP contribution in [0.25, 0.3) is 11.1 Å². The Hall–Kier alpha value is -3.60. The molecule has 5 nitrogen and oxygen atoms in total. The first-order valence-electron chi connectivity index (χ1n) is 11.6.